The van der Waals surface area contributed by atoms with E-state index in [1.165, 1.54) is 0 Å². The van der Waals surface area contributed by atoms with Crippen molar-refractivity contribution < 1.29 is 34.9 Å². The number of hydrogen-bond acceptors (Lipinski definition) is 2. The average Bonchev–Trinajstić information content (AvgIpc) is 0.811. The molecule has 0 saturated carbocycles. The van der Waals surface area contributed by atoms with Crippen molar-refractivity contribution in [2.24, 2.45) is 0 Å². The van der Waals surface area contributed by atoms with Crippen LogP contribution in [0.5, 0.6) is 0 Å². The summed E-state index contributed by atoms with van der Waals surface area (Å²) in [4.78, 5) is 0. The molecule has 40 valence electrons. The second-order valence-electron chi connectivity index (χ2n) is 0.568. The normalized spacial score (nSPS) is 3.38. The quantitative estimate of drug-likeness (QED) is 0.345. The SMILES string of the molecule is CB([O-])[O-].[Cl-].[Cl-].[Mg+2].[Mg+2]. The topological polar surface area (TPSA) is 46.1 Å². The fourth-order valence-electron chi connectivity index (χ4n) is 0. The third kappa shape index (κ3) is 92.7. The van der Waals surface area contributed by atoms with Gasteiger partial charge in [0.25, 0.3) is 0 Å². The Labute approximate surface area is 94.1 Å². The van der Waals surface area contributed by atoms with Gasteiger partial charge in [0.05, 0.1) is 0 Å². The minimum atomic E-state index is -1.67. The van der Waals surface area contributed by atoms with Gasteiger partial charge in [0, 0.05) is 0 Å². The molecule has 0 heterocycles. The predicted octanol–water partition coefficient (Wildman–Crippen LogP) is -8.93. The summed E-state index contributed by atoms with van der Waals surface area (Å²) in [7, 11) is -1.67. The molecule has 0 unspecified atom stereocenters. The van der Waals surface area contributed by atoms with Crippen LogP contribution in [-0.2, 0) is 0 Å². The zero-order chi connectivity index (χ0) is 3.58. The van der Waals surface area contributed by atoms with Crippen LogP contribution in [0.2, 0.25) is 6.82 Å². The van der Waals surface area contributed by atoms with E-state index in [1.54, 1.807) is 0 Å². The summed E-state index contributed by atoms with van der Waals surface area (Å²) in [6, 6.07) is 0. The standard InChI is InChI=1S/CH3BO2.2ClH.2Mg/c1-2(3)4;;;;/h1H3;2*1H;;/q-2;;;2*+2/p-2. The molecule has 0 amide bonds. The van der Waals surface area contributed by atoms with Crippen LogP contribution >= 0.6 is 0 Å². The number of hydrogen-bond donors (Lipinski definition) is 0. The predicted molar refractivity (Wildman–Crippen MR) is 23.1 cm³/mol. The van der Waals surface area contributed by atoms with E-state index >= 15 is 0 Å². The van der Waals surface area contributed by atoms with Crippen LogP contribution in [0.1, 0.15) is 0 Å². The Hall–Kier alpha value is 2.10. The van der Waals surface area contributed by atoms with Gasteiger partial charge in [0.2, 0.25) is 0 Å². The van der Waals surface area contributed by atoms with Crippen molar-refractivity contribution in [3.05, 3.63) is 0 Å². The van der Waals surface area contributed by atoms with Crippen LogP contribution in [0.25, 0.3) is 0 Å². The van der Waals surface area contributed by atoms with Crippen molar-refractivity contribution in [1.29, 1.82) is 0 Å². The van der Waals surface area contributed by atoms with E-state index in [0.717, 1.165) is 6.82 Å². The van der Waals surface area contributed by atoms with E-state index in [2.05, 4.69) is 0 Å². The van der Waals surface area contributed by atoms with Gasteiger partial charge < -0.3 is 34.9 Å². The Kier molecular flexibility index (Phi) is 92.3. The van der Waals surface area contributed by atoms with Crippen LogP contribution in [-0.4, -0.2) is 53.2 Å². The molecule has 0 aliphatic carbocycles. The molecule has 0 aliphatic rings. The van der Waals surface area contributed by atoms with Crippen molar-refractivity contribution in [3.8, 4) is 0 Å². The van der Waals surface area contributed by atoms with Crippen molar-refractivity contribution in [2.45, 2.75) is 6.82 Å². The van der Waals surface area contributed by atoms with Crippen molar-refractivity contribution in [2.75, 3.05) is 0 Å². The average molecular weight is 177 g/mol. The first-order valence-corrected chi connectivity index (χ1v) is 1.05. The Balaban J connectivity index is -0.00000000750. The van der Waals surface area contributed by atoms with Crippen molar-refractivity contribution in [3.63, 3.8) is 0 Å². The maximum atomic E-state index is 8.97. The minimum absolute atomic E-state index is 0. The maximum absolute atomic E-state index is 8.97. The first-order chi connectivity index (χ1) is 1.73. The Bertz CT molecular complexity index is 22.8. The Morgan fingerprint density at radius 2 is 1.00 bits per heavy atom. The molecule has 0 aliphatic heterocycles. The number of halogens is 2. The monoisotopic (exact) mass is 176 g/mol. The summed E-state index contributed by atoms with van der Waals surface area (Å²) >= 11 is 0. The molecule has 0 radical (unpaired) electrons. The smallest absolute Gasteiger partial charge is 1.00 e. The Morgan fingerprint density at radius 3 is 1.00 bits per heavy atom. The molecule has 0 aromatic rings. The summed E-state index contributed by atoms with van der Waals surface area (Å²) in [5.74, 6) is 0. The van der Waals surface area contributed by atoms with Gasteiger partial charge in [-0.25, -0.2) is 0 Å². The van der Waals surface area contributed by atoms with Crippen LogP contribution in [0.4, 0.5) is 0 Å². The maximum Gasteiger partial charge on any atom is 2.00 e. The molecular formula is CH3BCl2Mg2O2. The summed E-state index contributed by atoms with van der Waals surface area (Å²) < 4.78 is 0. The minimum Gasteiger partial charge on any atom is -1.00 e. The zero-order valence-corrected chi connectivity index (χ0v) is 8.90. The second-order valence-corrected chi connectivity index (χ2v) is 0.568. The molecule has 0 aromatic heterocycles. The van der Waals surface area contributed by atoms with Gasteiger partial charge in [0.1, 0.15) is 0 Å². The fraction of sp³-hybridized carbons (Fsp3) is 1.00. The van der Waals surface area contributed by atoms with Crippen molar-refractivity contribution >= 4 is 53.2 Å². The van der Waals surface area contributed by atoms with Gasteiger partial charge in [-0.05, 0) is 0 Å². The van der Waals surface area contributed by atoms with Gasteiger partial charge in [-0.1, -0.05) is 0 Å². The molecule has 8 heavy (non-hydrogen) atoms. The third-order valence-corrected chi connectivity index (χ3v) is 0. The summed E-state index contributed by atoms with van der Waals surface area (Å²) in [6.45, 7) is 1.06. The molecular weight excluding hydrogens is 174 g/mol. The first kappa shape index (κ1) is 32.2. The van der Waals surface area contributed by atoms with Crippen molar-refractivity contribution in [1.82, 2.24) is 0 Å². The molecule has 0 aromatic carbocycles. The number of rotatable bonds is 0. The van der Waals surface area contributed by atoms with E-state index in [0.29, 0.717) is 0 Å². The molecule has 0 rings (SSSR count). The molecule has 0 bridgehead atoms. The molecule has 0 fully saturated rings. The van der Waals surface area contributed by atoms with E-state index in [-0.39, 0.29) is 70.9 Å². The third-order valence-electron chi connectivity index (χ3n) is 0. The van der Waals surface area contributed by atoms with E-state index in [4.69, 9.17) is 10.0 Å². The molecule has 0 N–H and O–H groups in total. The van der Waals surface area contributed by atoms with Crippen LogP contribution in [0.15, 0.2) is 0 Å². The van der Waals surface area contributed by atoms with Crippen LogP contribution in [0.3, 0.4) is 0 Å². The van der Waals surface area contributed by atoms with Gasteiger partial charge in [0.15, 0.2) is 0 Å². The Morgan fingerprint density at radius 1 is 1.00 bits per heavy atom. The van der Waals surface area contributed by atoms with Gasteiger partial charge in [-0.15, -0.1) is 13.9 Å². The molecule has 0 saturated heterocycles. The fourth-order valence-corrected chi connectivity index (χ4v) is 0. The van der Waals surface area contributed by atoms with Crippen LogP contribution in [0, 0.1) is 0 Å². The van der Waals surface area contributed by atoms with Gasteiger partial charge in [-0.3, -0.25) is 0 Å². The summed E-state index contributed by atoms with van der Waals surface area (Å²) in [5, 5.41) is 17.9. The zero-order valence-electron chi connectivity index (χ0n) is 4.56. The molecule has 0 spiro atoms. The summed E-state index contributed by atoms with van der Waals surface area (Å²) in [6.07, 6.45) is 0. The molecule has 7 heteroatoms. The van der Waals surface area contributed by atoms with E-state index < -0.39 is 7.12 Å². The molecule has 2 nitrogen and oxygen atoms in total. The molecule has 0 atom stereocenters. The second kappa shape index (κ2) is 23.0. The van der Waals surface area contributed by atoms with Gasteiger partial charge in [-0.2, -0.15) is 0 Å². The summed E-state index contributed by atoms with van der Waals surface area (Å²) in [5.41, 5.74) is 0. The van der Waals surface area contributed by atoms with Gasteiger partial charge >= 0.3 is 46.1 Å². The first-order valence-electron chi connectivity index (χ1n) is 1.05. The van der Waals surface area contributed by atoms with E-state index in [1.807, 2.05) is 0 Å². The van der Waals surface area contributed by atoms with E-state index in [9.17, 15) is 0 Å². The largest absolute Gasteiger partial charge is 2.00 e. The van der Waals surface area contributed by atoms with Crippen LogP contribution < -0.4 is 34.9 Å².